The first-order valence-corrected chi connectivity index (χ1v) is 8.64. The summed E-state index contributed by atoms with van der Waals surface area (Å²) in [5.74, 6) is 1.36. The van der Waals surface area contributed by atoms with Crippen molar-refractivity contribution < 1.29 is 14.3 Å². The summed E-state index contributed by atoms with van der Waals surface area (Å²) in [6.07, 6.45) is 4.61. The number of fused-ring (bicyclic) bond motifs is 2. The van der Waals surface area contributed by atoms with Crippen molar-refractivity contribution in [1.29, 1.82) is 0 Å². The molecule has 26 heavy (non-hydrogen) atoms. The van der Waals surface area contributed by atoms with Gasteiger partial charge in [0.25, 0.3) is 0 Å². The highest BCUT2D eigenvalue weighted by atomic mass is 16.5. The average molecular weight is 351 g/mol. The van der Waals surface area contributed by atoms with Crippen LogP contribution >= 0.6 is 0 Å². The molecule has 6 heteroatoms. The largest absolute Gasteiger partial charge is 0.497 e. The summed E-state index contributed by atoms with van der Waals surface area (Å²) in [6, 6.07) is 9.68. The number of amides is 1. The number of ether oxygens (including phenoxy) is 2. The average Bonchev–Trinajstić information content (AvgIpc) is 3.07. The van der Waals surface area contributed by atoms with Gasteiger partial charge in [-0.2, -0.15) is 0 Å². The molecule has 1 N–H and O–H groups in total. The van der Waals surface area contributed by atoms with Crippen LogP contribution < -0.4 is 14.8 Å². The quantitative estimate of drug-likeness (QED) is 0.784. The number of rotatable bonds is 4. The van der Waals surface area contributed by atoms with Crippen LogP contribution in [0.15, 0.2) is 42.7 Å². The van der Waals surface area contributed by atoms with E-state index in [0.29, 0.717) is 19.6 Å². The smallest absolute Gasteiger partial charge is 0.227 e. The minimum Gasteiger partial charge on any atom is -0.497 e. The maximum absolute atomic E-state index is 12.5. The van der Waals surface area contributed by atoms with E-state index in [1.165, 1.54) is 5.56 Å². The van der Waals surface area contributed by atoms with Gasteiger partial charge in [0, 0.05) is 12.4 Å². The second-order valence-corrected chi connectivity index (χ2v) is 6.61. The number of benzene rings is 1. The van der Waals surface area contributed by atoms with Crippen LogP contribution in [0.25, 0.3) is 5.65 Å². The van der Waals surface area contributed by atoms with Crippen LogP contribution in [0.1, 0.15) is 16.8 Å². The Morgan fingerprint density at radius 2 is 2.23 bits per heavy atom. The van der Waals surface area contributed by atoms with Gasteiger partial charge < -0.3 is 19.2 Å². The SMILES string of the molecule is COc1ccc2c(c1)C[C@H](C(=O)NCc1cn3cc(C)ccc3n1)CO2. The van der Waals surface area contributed by atoms with E-state index in [1.807, 2.05) is 54.0 Å². The number of hydrogen-bond donors (Lipinski definition) is 1. The zero-order chi connectivity index (χ0) is 18.1. The van der Waals surface area contributed by atoms with Crippen LogP contribution in [0.2, 0.25) is 0 Å². The summed E-state index contributed by atoms with van der Waals surface area (Å²) >= 11 is 0. The topological polar surface area (TPSA) is 64.9 Å². The van der Waals surface area contributed by atoms with E-state index in [0.717, 1.165) is 28.4 Å². The zero-order valence-corrected chi connectivity index (χ0v) is 14.9. The molecule has 2 aromatic heterocycles. The summed E-state index contributed by atoms with van der Waals surface area (Å²) in [6.45, 7) is 2.83. The molecule has 3 aromatic rings. The van der Waals surface area contributed by atoms with Crippen LogP contribution in [0.3, 0.4) is 0 Å². The van der Waals surface area contributed by atoms with E-state index in [2.05, 4.69) is 10.3 Å². The Bertz CT molecular complexity index is 964. The van der Waals surface area contributed by atoms with E-state index in [-0.39, 0.29) is 11.8 Å². The molecule has 0 unspecified atom stereocenters. The Kier molecular flexibility index (Phi) is 4.24. The Balaban J connectivity index is 1.41. The number of imidazole rings is 1. The first-order chi connectivity index (χ1) is 12.6. The van der Waals surface area contributed by atoms with E-state index >= 15 is 0 Å². The van der Waals surface area contributed by atoms with Gasteiger partial charge in [-0.25, -0.2) is 4.98 Å². The van der Waals surface area contributed by atoms with Gasteiger partial charge in [-0.05, 0) is 48.7 Å². The summed E-state index contributed by atoms with van der Waals surface area (Å²) < 4.78 is 13.0. The van der Waals surface area contributed by atoms with Crippen molar-refractivity contribution >= 4 is 11.6 Å². The molecule has 1 aliphatic rings. The third-order valence-electron chi connectivity index (χ3n) is 4.64. The van der Waals surface area contributed by atoms with Crippen molar-refractivity contribution in [3.63, 3.8) is 0 Å². The summed E-state index contributed by atoms with van der Waals surface area (Å²) in [4.78, 5) is 17.1. The first-order valence-electron chi connectivity index (χ1n) is 8.64. The van der Waals surface area contributed by atoms with Crippen LogP contribution in [-0.4, -0.2) is 29.0 Å². The first kappa shape index (κ1) is 16.4. The van der Waals surface area contributed by atoms with Crippen molar-refractivity contribution in [2.45, 2.75) is 19.9 Å². The zero-order valence-electron chi connectivity index (χ0n) is 14.9. The molecule has 0 fully saturated rings. The lowest BCUT2D eigenvalue weighted by molar-refractivity contribution is -0.126. The number of carbonyl (C=O) groups is 1. The van der Waals surface area contributed by atoms with Crippen LogP contribution in [0.5, 0.6) is 11.5 Å². The van der Waals surface area contributed by atoms with Crippen molar-refractivity contribution in [3.05, 3.63) is 59.5 Å². The van der Waals surface area contributed by atoms with Gasteiger partial charge in [0.05, 0.1) is 25.3 Å². The number of nitrogens with zero attached hydrogens (tertiary/aromatic N) is 2. The van der Waals surface area contributed by atoms with E-state index in [1.54, 1.807) is 7.11 Å². The summed E-state index contributed by atoms with van der Waals surface area (Å²) in [5.41, 5.74) is 3.88. The van der Waals surface area contributed by atoms with Crippen LogP contribution in [-0.2, 0) is 17.8 Å². The predicted molar refractivity (Wildman–Crippen MR) is 97.5 cm³/mol. The minimum absolute atomic E-state index is 0.0216. The second-order valence-electron chi connectivity index (χ2n) is 6.61. The molecule has 4 rings (SSSR count). The molecular weight excluding hydrogens is 330 g/mol. The minimum atomic E-state index is -0.214. The van der Waals surface area contributed by atoms with Gasteiger partial charge in [-0.1, -0.05) is 6.07 Å². The fraction of sp³-hybridized carbons (Fsp3) is 0.300. The molecule has 0 radical (unpaired) electrons. The number of aromatic nitrogens is 2. The summed E-state index contributed by atoms with van der Waals surface area (Å²) in [7, 11) is 1.63. The molecule has 1 aliphatic heterocycles. The molecule has 0 saturated carbocycles. The third-order valence-corrected chi connectivity index (χ3v) is 4.64. The molecule has 1 atom stereocenters. The fourth-order valence-corrected chi connectivity index (χ4v) is 3.23. The van der Waals surface area contributed by atoms with Gasteiger partial charge >= 0.3 is 0 Å². The second kappa shape index (κ2) is 6.71. The Morgan fingerprint density at radius 3 is 3.08 bits per heavy atom. The Morgan fingerprint density at radius 1 is 1.35 bits per heavy atom. The van der Waals surface area contributed by atoms with Gasteiger partial charge in [0.2, 0.25) is 5.91 Å². The predicted octanol–water partition coefficient (Wildman–Crippen LogP) is 2.52. The molecule has 1 aromatic carbocycles. The molecule has 3 heterocycles. The van der Waals surface area contributed by atoms with Crippen molar-refractivity contribution in [2.24, 2.45) is 5.92 Å². The van der Waals surface area contributed by atoms with Gasteiger partial charge in [0.1, 0.15) is 23.8 Å². The Hall–Kier alpha value is -3.02. The van der Waals surface area contributed by atoms with Crippen LogP contribution in [0.4, 0.5) is 0 Å². The maximum Gasteiger partial charge on any atom is 0.227 e. The number of aryl methyl sites for hydroxylation is 1. The molecule has 1 amide bonds. The normalized spacial score (nSPS) is 16.0. The van der Waals surface area contributed by atoms with Gasteiger partial charge in [0.15, 0.2) is 0 Å². The highest BCUT2D eigenvalue weighted by Gasteiger charge is 2.26. The highest BCUT2D eigenvalue weighted by Crippen LogP contribution is 2.30. The number of carbonyl (C=O) groups excluding carboxylic acids is 1. The standard InChI is InChI=1S/C20H21N3O3/c1-13-3-6-19-22-16(11-23(19)10-13)9-21-20(24)15-7-14-8-17(25-2)4-5-18(14)26-12-15/h3-6,8,10-11,15H,7,9,12H2,1-2H3,(H,21,24)/t15-/m0/s1. The molecule has 0 saturated heterocycles. The molecule has 0 bridgehead atoms. The van der Waals surface area contributed by atoms with Crippen molar-refractivity contribution in [2.75, 3.05) is 13.7 Å². The van der Waals surface area contributed by atoms with E-state index in [9.17, 15) is 4.79 Å². The lowest BCUT2D eigenvalue weighted by atomic mass is 9.96. The van der Waals surface area contributed by atoms with Crippen molar-refractivity contribution in [3.8, 4) is 11.5 Å². The molecule has 0 aliphatic carbocycles. The van der Waals surface area contributed by atoms with Crippen LogP contribution in [0, 0.1) is 12.8 Å². The fourth-order valence-electron chi connectivity index (χ4n) is 3.23. The molecular formula is C20H21N3O3. The number of pyridine rings is 1. The number of methoxy groups -OCH3 is 1. The summed E-state index contributed by atoms with van der Waals surface area (Å²) in [5, 5.41) is 2.98. The molecule has 0 spiro atoms. The Labute approximate surface area is 151 Å². The maximum atomic E-state index is 12.5. The third kappa shape index (κ3) is 3.22. The van der Waals surface area contributed by atoms with E-state index < -0.39 is 0 Å². The molecule has 134 valence electrons. The van der Waals surface area contributed by atoms with Gasteiger partial charge in [-0.3, -0.25) is 4.79 Å². The lowest BCUT2D eigenvalue weighted by Gasteiger charge is -2.24. The lowest BCUT2D eigenvalue weighted by Crippen LogP contribution is -2.37. The van der Waals surface area contributed by atoms with E-state index in [4.69, 9.17) is 9.47 Å². The number of nitrogens with one attached hydrogen (secondary N) is 1. The molecule has 6 nitrogen and oxygen atoms in total. The monoisotopic (exact) mass is 351 g/mol. The highest BCUT2D eigenvalue weighted by molar-refractivity contribution is 5.79. The number of hydrogen-bond acceptors (Lipinski definition) is 4. The van der Waals surface area contributed by atoms with Crippen molar-refractivity contribution in [1.82, 2.24) is 14.7 Å². The van der Waals surface area contributed by atoms with Gasteiger partial charge in [-0.15, -0.1) is 0 Å².